The molecule has 28 heavy (non-hydrogen) atoms. The molecule has 3 N–H and O–H groups in total. The third-order valence-electron chi connectivity index (χ3n) is 4.45. The second-order valence-electron chi connectivity index (χ2n) is 6.52. The summed E-state index contributed by atoms with van der Waals surface area (Å²) in [5, 5.41) is 13.9. The molecule has 0 atom stereocenters. The van der Waals surface area contributed by atoms with E-state index in [2.05, 4.69) is 10.3 Å². The highest BCUT2D eigenvalue weighted by atomic mass is 32.1. The van der Waals surface area contributed by atoms with Crippen LogP contribution in [0.1, 0.15) is 11.1 Å². The number of pyridine rings is 1. The number of nitrogens with one attached hydrogen (secondary N) is 2. The largest absolute Gasteiger partial charge is 0.497 e. The van der Waals surface area contributed by atoms with Crippen LogP contribution in [-0.2, 0) is 6.54 Å². The first-order chi connectivity index (χ1) is 13.5. The molecule has 0 unspecified atom stereocenters. The van der Waals surface area contributed by atoms with E-state index in [0.717, 1.165) is 22.2 Å². The molecule has 7 heteroatoms. The van der Waals surface area contributed by atoms with Gasteiger partial charge in [0, 0.05) is 28.7 Å². The van der Waals surface area contributed by atoms with E-state index in [1.165, 1.54) is 0 Å². The van der Waals surface area contributed by atoms with Gasteiger partial charge in [-0.2, -0.15) is 0 Å². The Morgan fingerprint density at radius 3 is 2.64 bits per heavy atom. The van der Waals surface area contributed by atoms with E-state index in [9.17, 15) is 9.90 Å². The molecule has 0 bridgehead atoms. The molecule has 0 amide bonds. The maximum absolute atomic E-state index is 12.5. The molecule has 6 nitrogen and oxygen atoms in total. The summed E-state index contributed by atoms with van der Waals surface area (Å²) in [5.41, 5.74) is 3.13. The number of aryl methyl sites for hydroxylation is 1. The normalized spacial score (nSPS) is 10.7. The Bertz CT molecular complexity index is 1030. The third kappa shape index (κ3) is 4.68. The fourth-order valence-electron chi connectivity index (χ4n) is 2.89. The van der Waals surface area contributed by atoms with Gasteiger partial charge in [-0.15, -0.1) is 0 Å². The van der Waals surface area contributed by atoms with Crippen molar-refractivity contribution in [1.82, 2.24) is 9.88 Å². The number of aromatic amines is 1. The number of aliphatic hydroxyl groups is 1. The monoisotopic (exact) mass is 397 g/mol. The number of aliphatic hydroxyl groups excluding tert-OH is 1. The Morgan fingerprint density at radius 2 is 1.96 bits per heavy atom. The van der Waals surface area contributed by atoms with Gasteiger partial charge in [0.15, 0.2) is 5.11 Å². The SMILES string of the molecule is COc1ccc2[nH]c(=O)c(CN(CCO)C(=S)Nc3ccc(C)cc3)cc2c1. The fraction of sp³-hybridized carbons (Fsp3) is 0.238. The average molecular weight is 398 g/mol. The molecule has 2 aromatic carbocycles. The lowest BCUT2D eigenvalue weighted by Gasteiger charge is -2.25. The van der Waals surface area contributed by atoms with Gasteiger partial charge in [-0.25, -0.2) is 0 Å². The highest BCUT2D eigenvalue weighted by molar-refractivity contribution is 7.80. The molecule has 1 heterocycles. The predicted molar refractivity (Wildman–Crippen MR) is 116 cm³/mol. The zero-order chi connectivity index (χ0) is 20.1. The summed E-state index contributed by atoms with van der Waals surface area (Å²) in [6, 6.07) is 15.2. The van der Waals surface area contributed by atoms with E-state index >= 15 is 0 Å². The molecule has 3 rings (SSSR count). The van der Waals surface area contributed by atoms with Crippen LogP contribution in [0.3, 0.4) is 0 Å². The van der Waals surface area contributed by atoms with Crippen molar-refractivity contribution < 1.29 is 9.84 Å². The molecule has 0 fully saturated rings. The minimum Gasteiger partial charge on any atom is -0.497 e. The maximum atomic E-state index is 12.5. The van der Waals surface area contributed by atoms with Gasteiger partial charge in [0.05, 0.1) is 20.3 Å². The van der Waals surface area contributed by atoms with Gasteiger partial charge in [0.25, 0.3) is 5.56 Å². The lowest BCUT2D eigenvalue weighted by molar-refractivity contribution is 0.248. The fourth-order valence-corrected chi connectivity index (χ4v) is 3.17. The Hall–Kier alpha value is -2.90. The second kappa shape index (κ2) is 8.86. The number of ether oxygens (including phenoxy) is 1. The number of hydrogen-bond acceptors (Lipinski definition) is 4. The van der Waals surface area contributed by atoms with Crippen LogP contribution in [0.15, 0.2) is 53.3 Å². The number of fused-ring (bicyclic) bond motifs is 1. The van der Waals surface area contributed by atoms with Gasteiger partial charge < -0.3 is 25.0 Å². The highest BCUT2D eigenvalue weighted by Gasteiger charge is 2.13. The Morgan fingerprint density at radius 1 is 1.21 bits per heavy atom. The van der Waals surface area contributed by atoms with Gasteiger partial charge >= 0.3 is 0 Å². The molecule has 0 radical (unpaired) electrons. The Labute approximate surface area is 168 Å². The van der Waals surface area contributed by atoms with E-state index in [1.807, 2.05) is 49.4 Å². The second-order valence-corrected chi connectivity index (χ2v) is 6.90. The van der Waals surface area contributed by atoms with Crippen LogP contribution >= 0.6 is 12.2 Å². The summed E-state index contributed by atoms with van der Waals surface area (Å²) in [5.74, 6) is 0.717. The van der Waals surface area contributed by atoms with Crippen LogP contribution in [0.2, 0.25) is 0 Å². The molecule has 3 aromatic rings. The van der Waals surface area contributed by atoms with Crippen LogP contribution in [-0.4, -0.2) is 40.4 Å². The first kappa shape index (κ1) is 19.9. The number of hydrogen-bond donors (Lipinski definition) is 3. The number of benzene rings is 2. The van der Waals surface area contributed by atoms with Gasteiger partial charge in [-0.3, -0.25) is 4.79 Å². The van der Waals surface area contributed by atoms with E-state index in [-0.39, 0.29) is 18.7 Å². The van der Waals surface area contributed by atoms with Crippen molar-refractivity contribution in [2.75, 3.05) is 25.6 Å². The molecule has 0 aliphatic heterocycles. The first-order valence-electron chi connectivity index (χ1n) is 8.93. The third-order valence-corrected chi connectivity index (χ3v) is 4.81. The van der Waals surface area contributed by atoms with Crippen molar-refractivity contribution in [2.45, 2.75) is 13.5 Å². The number of methoxy groups -OCH3 is 1. The molecule has 0 saturated heterocycles. The van der Waals surface area contributed by atoms with Crippen LogP contribution < -0.4 is 15.6 Å². The van der Waals surface area contributed by atoms with Gasteiger partial charge in [-0.05, 0) is 55.5 Å². The van der Waals surface area contributed by atoms with Crippen molar-refractivity contribution in [3.05, 3.63) is 70.0 Å². The standard InChI is InChI=1S/C21H23N3O3S/c1-14-3-5-17(6-4-14)22-21(28)24(9-10-25)13-16-11-15-12-18(27-2)7-8-19(15)23-20(16)26/h3-8,11-12,25H,9-10,13H2,1-2H3,(H,22,28)(H,23,26). The average Bonchev–Trinajstić information content (AvgIpc) is 2.69. The number of aromatic nitrogens is 1. The quantitative estimate of drug-likeness (QED) is 0.555. The van der Waals surface area contributed by atoms with Crippen molar-refractivity contribution >= 4 is 33.9 Å². The van der Waals surface area contributed by atoms with E-state index in [1.54, 1.807) is 18.1 Å². The summed E-state index contributed by atoms with van der Waals surface area (Å²) in [6.07, 6.45) is 0. The topological polar surface area (TPSA) is 77.6 Å². The van der Waals surface area contributed by atoms with Crippen molar-refractivity contribution in [1.29, 1.82) is 0 Å². The number of nitrogens with zero attached hydrogens (tertiary/aromatic N) is 1. The Balaban J connectivity index is 1.84. The summed E-state index contributed by atoms with van der Waals surface area (Å²) < 4.78 is 5.26. The molecule has 146 valence electrons. The summed E-state index contributed by atoms with van der Waals surface area (Å²) >= 11 is 5.51. The minimum atomic E-state index is -0.182. The molecule has 0 aliphatic carbocycles. The molecular formula is C21H23N3O3S. The molecular weight excluding hydrogens is 374 g/mol. The smallest absolute Gasteiger partial charge is 0.253 e. The minimum absolute atomic E-state index is 0.0744. The van der Waals surface area contributed by atoms with Gasteiger partial charge in [-0.1, -0.05) is 17.7 Å². The van der Waals surface area contributed by atoms with Gasteiger partial charge in [0.2, 0.25) is 0 Å². The zero-order valence-corrected chi connectivity index (χ0v) is 16.7. The van der Waals surface area contributed by atoms with E-state index in [4.69, 9.17) is 17.0 Å². The van der Waals surface area contributed by atoms with Crippen molar-refractivity contribution in [3.8, 4) is 5.75 Å². The van der Waals surface area contributed by atoms with Crippen molar-refractivity contribution in [2.24, 2.45) is 0 Å². The number of H-pyrrole nitrogens is 1. The van der Waals surface area contributed by atoms with Crippen molar-refractivity contribution in [3.63, 3.8) is 0 Å². The molecule has 0 aliphatic rings. The summed E-state index contributed by atoms with van der Waals surface area (Å²) in [7, 11) is 1.60. The first-order valence-corrected chi connectivity index (χ1v) is 9.34. The van der Waals surface area contributed by atoms with Crippen LogP contribution in [0.4, 0.5) is 5.69 Å². The summed E-state index contributed by atoms with van der Waals surface area (Å²) in [6.45, 7) is 2.53. The van der Waals surface area contributed by atoms with E-state index in [0.29, 0.717) is 23.0 Å². The number of thiocarbonyl (C=S) groups is 1. The zero-order valence-electron chi connectivity index (χ0n) is 15.9. The lowest BCUT2D eigenvalue weighted by atomic mass is 10.1. The summed E-state index contributed by atoms with van der Waals surface area (Å²) in [4.78, 5) is 17.2. The van der Waals surface area contributed by atoms with E-state index < -0.39 is 0 Å². The molecule has 0 spiro atoms. The molecule has 0 saturated carbocycles. The predicted octanol–water partition coefficient (Wildman–Crippen LogP) is 3.04. The Kier molecular flexibility index (Phi) is 6.28. The van der Waals surface area contributed by atoms with Gasteiger partial charge in [0.1, 0.15) is 5.75 Å². The lowest BCUT2D eigenvalue weighted by Crippen LogP contribution is -2.37. The van der Waals surface area contributed by atoms with Crippen LogP contribution in [0, 0.1) is 6.92 Å². The maximum Gasteiger partial charge on any atom is 0.253 e. The van der Waals surface area contributed by atoms with Crippen LogP contribution in [0.25, 0.3) is 10.9 Å². The number of anilines is 1. The number of rotatable bonds is 6. The van der Waals surface area contributed by atoms with Crippen LogP contribution in [0.5, 0.6) is 5.75 Å². The highest BCUT2D eigenvalue weighted by Crippen LogP contribution is 2.19. The molecule has 1 aromatic heterocycles.